The topological polar surface area (TPSA) is 37.3 Å². The highest BCUT2D eigenvalue weighted by molar-refractivity contribution is 9.10. The summed E-state index contributed by atoms with van der Waals surface area (Å²) in [5, 5.41) is 7.00. The van der Waals surface area contributed by atoms with Gasteiger partial charge in [0.25, 0.3) is 0 Å². The molecule has 0 spiro atoms. The molecular formula is C8H8BrFO2. The lowest BCUT2D eigenvalue weighted by molar-refractivity contribution is 0.112. The number of hydrogen-bond donors (Lipinski definition) is 1. The molecule has 0 aliphatic carbocycles. The van der Waals surface area contributed by atoms with Gasteiger partial charge in [-0.15, -0.1) is 0 Å². The van der Waals surface area contributed by atoms with E-state index in [4.69, 9.17) is 5.11 Å². The minimum Gasteiger partial charge on any atom is -0.400 e. The molecule has 0 aliphatic rings. The molecule has 0 bridgehead atoms. The Bertz CT molecular complexity index is 263. The summed E-state index contributed by atoms with van der Waals surface area (Å²) >= 11 is 2.97. The highest BCUT2D eigenvalue weighted by Crippen LogP contribution is 2.14. The van der Waals surface area contributed by atoms with E-state index < -0.39 is 5.82 Å². The first kappa shape index (κ1) is 11.3. The number of halogens is 2. The zero-order valence-electron chi connectivity index (χ0n) is 6.42. The Labute approximate surface area is 78.2 Å². The van der Waals surface area contributed by atoms with E-state index in [1.807, 2.05) is 0 Å². The minimum absolute atomic E-state index is 0.348. The van der Waals surface area contributed by atoms with Crippen LogP contribution in [0.3, 0.4) is 0 Å². The van der Waals surface area contributed by atoms with Crippen molar-refractivity contribution in [3.8, 4) is 0 Å². The van der Waals surface area contributed by atoms with Crippen LogP contribution < -0.4 is 0 Å². The summed E-state index contributed by atoms with van der Waals surface area (Å²) in [6.07, 6.45) is 0.607. The van der Waals surface area contributed by atoms with E-state index in [9.17, 15) is 9.18 Å². The molecule has 0 fully saturated rings. The maximum Gasteiger partial charge on any atom is 0.150 e. The fourth-order valence-electron chi connectivity index (χ4n) is 0.586. The van der Waals surface area contributed by atoms with E-state index >= 15 is 0 Å². The van der Waals surface area contributed by atoms with Crippen LogP contribution in [-0.4, -0.2) is 18.5 Å². The van der Waals surface area contributed by atoms with Crippen LogP contribution in [0.4, 0.5) is 4.39 Å². The van der Waals surface area contributed by atoms with Crippen molar-refractivity contribution in [1.82, 2.24) is 0 Å². The van der Waals surface area contributed by atoms with Crippen LogP contribution in [0.15, 0.2) is 22.7 Å². The van der Waals surface area contributed by atoms with Gasteiger partial charge in [0.1, 0.15) is 12.1 Å². The first-order chi connectivity index (χ1) is 5.74. The first-order valence-corrected chi connectivity index (χ1v) is 3.88. The second-order valence-electron chi connectivity index (χ2n) is 1.79. The van der Waals surface area contributed by atoms with Gasteiger partial charge < -0.3 is 5.11 Å². The highest BCUT2D eigenvalue weighted by atomic mass is 79.9. The maximum absolute atomic E-state index is 12.6. The molecule has 1 aromatic carbocycles. The fourth-order valence-corrected chi connectivity index (χ4v) is 0.832. The van der Waals surface area contributed by atoms with Gasteiger partial charge >= 0.3 is 0 Å². The SMILES string of the molecule is CO.O=Cc1ccc(Br)c(F)c1. The fraction of sp³-hybridized carbons (Fsp3) is 0.125. The normalized spacial score (nSPS) is 8.33. The molecule has 0 heterocycles. The van der Waals surface area contributed by atoms with Gasteiger partial charge in [-0.05, 0) is 28.1 Å². The predicted molar refractivity (Wildman–Crippen MR) is 47.6 cm³/mol. The smallest absolute Gasteiger partial charge is 0.150 e. The van der Waals surface area contributed by atoms with Crippen molar-refractivity contribution in [3.05, 3.63) is 34.1 Å². The minimum atomic E-state index is -0.412. The lowest BCUT2D eigenvalue weighted by Crippen LogP contribution is -1.82. The Morgan fingerprint density at radius 2 is 2.08 bits per heavy atom. The van der Waals surface area contributed by atoms with Crippen LogP contribution in [0.1, 0.15) is 10.4 Å². The van der Waals surface area contributed by atoms with Crippen LogP contribution in [0.5, 0.6) is 0 Å². The van der Waals surface area contributed by atoms with Crippen molar-refractivity contribution in [3.63, 3.8) is 0 Å². The molecule has 12 heavy (non-hydrogen) atoms. The molecule has 2 nitrogen and oxygen atoms in total. The predicted octanol–water partition coefficient (Wildman–Crippen LogP) is 2.01. The lowest BCUT2D eigenvalue weighted by atomic mass is 10.2. The monoisotopic (exact) mass is 234 g/mol. The van der Waals surface area contributed by atoms with Gasteiger partial charge in [0.15, 0.2) is 0 Å². The molecule has 0 unspecified atom stereocenters. The van der Waals surface area contributed by atoms with Crippen molar-refractivity contribution < 1.29 is 14.3 Å². The van der Waals surface area contributed by atoms with Gasteiger partial charge in [-0.1, -0.05) is 6.07 Å². The summed E-state index contributed by atoms with van der Waals surface area (Å²) in [7, 11) is 1.00. The van der Waals surface area contributed by atoms with E-state index in [0.29, 0.717) is 16.3 Å². The number of carbonyl (C=O) groups is 1. The molecule has 0 saturated carbocycles. The quantitative estimate of drug-likeness (QED) is 0.756. The number of benzene rings is 1. The summed E-state index contributed by atoms with van der Waals surface area (Å²) < 4.78 is 12.9. The van der Waals surface area contributed by atoms with Gasteiger partial charge in [0.2, 0.25) is 0 Å². The number of rotatable bonds is 1. The van der Waals surface area contributed by atoms with Crippen molar-refractivity contribution in [1.29, 1.82) is 0 Å². The van der Waals surface area contributed by atoms with Gasteiger partial charge in [0, 0.05) is 12.7 Å². The summed E-state index contributed by atoms with van der Waals surface area (Å²) in [6, 6.07) is 4.22. The lowest BCUT2D eigenvalue weighted by Gasteiger charge is -1.92. The van der Waals surface area contributed by atoms with Crippen molar-refractivity contribution in [2.75, 3.05) is 7.11 Å². The zero-order valence-corrected chi connectivity index (χ0v) is 8.01. The standard InChI is InChI=1S/C7H4BrFO.CH4O/c8-6-2-1-5(4-10)3-7(6)9;1-2/h1-4H;2H,1H3. The average Bonchev–Trinajstić information content (AvgIpc) is 2.13. The maximum atomic E-state index is 12.6. The molecule has 1 rings (SSSR count). The van der Waals surface area contributed by atoms with Crippen molar-refractivity contribution >= 4 is 22.2 Å². The molecule has 1 aromatic rings. The molecule has 0 aromatic heterocycles. The van der Waals surface area contributed by atoms with Crippen LogP contribution in [0.2, 0.25) is 0 Å². The average molecular weight is 235 g/mol. The summed E-state index contributed by atoms with van der Waals surface area (Å²) in [5.41, 5.74) is 0.348. The van der Waals surface area contributed by atoms with Gasteiger partial charge in [-0.3, -0.25) is 4.79 Å². The Kier molecular flexibility index (Phi) is 5.49. The Hall–Kier alpha value is -0.740. The van der Waals surface area contributed by atoms with E-state index in [-0.39, 0.29) is 0 Å². The number of aliphatic hydroxyl groups excluding tert-OH is 1. The third-order valence-corrected chi connectivity index (χ3v) is 1.72. The van der Waals surface area contributed by atoms with E-state index in [0.717, 1.165) is 7.11 Å². The molecule has 66 valence electrons. The number of aliphatic hydroxyl groups is 1. The van der Waals surface area contributed by atoms with Crippen molar-refractivity contribution in [2.45, 2.75) is 0 Å². The van der Waals surface area contributed by atoms with Crippen LogP contribution >= 0.6 is 15.9 Å². The van der Waals surface area contributed by atoms with E-state index in [2.05, 4.69) is 15.9 Å². The number of aldehydes is 1. The molecule has 0 radical (unpaired) electrons. The number of carbonyl (C=O) groups excluding carboxylic acids is 1. The third-order valence-electron chi connectivity index (χ3n) is 1.08. The number of hydrogen-bond acceptors (Lipinski definition) is 2. The largest absolute Gasteiger partial charge is 0.400 e. The van der Waals surface area contributed by atoms with Crippen molar-refractivity contribution in [2.24, 2.45) is 0 Å². The van der Waals surface area contributed by atoms with Gasteiger partial charge in [0.05, 0.1) is 4.47 Å². The Morgan fingerprint density at radius 3 is 2.50 bits per heavy atom. The Morgan fingerprint density at radius 1 is 1.50 bits per heavy atom. The molecule has 0 aliphatic heterocycles. The summed E-state index contributed by atoms with van der Waals surface area (Å²) in [4.78, 5) is 10.1. The molecule has 0 atom stereocenters. The van der Waals surface area contributed by atoms with E-state index in [1.54, 1.807) is 6.07 Å². The molecule has 1 N–H and O–H groups in total. The Balaban J connectivity index is 0.000000561. The van der Waals surface area contributed by atoms with E-state index in [1.165, 1.54) is 12.1 Å². The molecule has 4 heteroatoms. The second kappa shape index (κ2) is 5.85. The summed E-state index contributed by atoms with van der Waals surface area (Å²) in [6.45, 7) is 0. The highest BCUT2D eigenvalue weighted by Gasteiger charge is 1.97. The molecular weight excluding hydrogens is 227 g/mol. The van der Waals surface area contributed by atoms with Gasteiger partial charge in [-0.2, -0.15) is 0 Å². The van der Waals surface area contributed by atoms with Crippen LogP contribution in [0.25, 0.3) is 0 Å². The molecule has 0 saturated heterocycles. The zero-order chi connectivity index (χ0) is 9.56. The van der Waals surface area contributed by atoms with Crippen LogP contribution in [-0.2, 0) is 0 Å². The second-order valence-corrected chi connectivity index (χ2v) is 2.65. The molecule has 0 amide bonds. The first-order valence-electron chi connectivity index (χ1n) is 3.09. The van der Waals surface area contributed by atoms with Crippen LogP contribution in [0, 0.1) is 5.82 Å². The third kappa shape index (κ3) is 3.11. The summed E-state index contributed by atoms with van der Waals surface area (Å²) in [5.74, 6) is -0.412. The van der Waals surface area contributed by atoms with Gasteiger partial charge in [-0.25, -0.2) is 4.39 Å².